The summed E-state index contributed by atoms with van der Waals surface area (Å²) in [5, 5.41) is 8.44. The second-order valence-corrected chi connectivity index (χ2v) is 10.4. The lowest BCUT2D eigenvalue weighted by molar-refractivity contribution is -0.135. The van der Waals surface area contributed by atoms with Gasteiger partial charge in [-0.2, -0.15) is 0 Å². The molecule has 32 heavy (non-hydrogen) atoms. The van der Waals surface area contributed by atoms with Gasteiger partial charge in [-0.25, -0.2) is 4.99 Å². The van der Waals surface area contributed by atoms with Gasteiger partial charge in [0.05, 0.1) is 30.2 Å². The Labute approximate surface area is 189 Å². The Morgan fingerprint density at radius 2 is 1.78 bits per heavy atom. The molecule has 2 fully saturated rings. The first-order chi connectivity index (χ1) is 15.5. The maximum atomic E-state index is 6.39. The minimum Gasteiger partial charge on any atom is -0.497 e. The fourth-order valence-corrected chi connectivity index (χ4v) is 6.64. The molecule has 5 heteroatoms. The average Bonchev–Trinajstić information content (AvgIpc) is 3.48. The quantitative estimate of drug-likeness (QED) is 0.623. The van der Waals surface area contributed by atoms with Crippen LogP contribution >= 0.6 is 0 Å². The zero-order valence-corrected chi connectivity index (χ0v) is 19.1. The fraction of sp³-hybridized carbons (Fsp3) is 0.481. The summed E-state index contributed by atoms with van der Waals surface area (Å²) in [4.78, 5) is 11.5. The van der Waals surface area contributed by atoms with E-state index in [1.54, 1.807) is 7.11 Å². The summed E-state index contributed by atoms with van der Waals surface area (Å²) in [6.45, 7) is 4.78. The maximum Gasteiger partial charge on any atom is 0.151 e. The number of aliphatic imine (C=N–C) groups is 1. The van der Waals surface area contributed by atoms with E-state index in [1.165, 1.54) is 24.8 Å². The summed E-state index contributed by atoms with van der Waals surface area (Å²) in [5.41, 5.74) is 5.29. The summed E-state index contributed by atoms with van der Waals surface area (Å²) >= 11 is 0. The largest absolute Gasteiger partial charge is 0.497 e. The molecule has 4 aliphatic rings. The second-order valence-electron chi connectivity index (χ2n) is 10.4. The summed E-state index contributed by atoms with van der Waals surface area (Å²) in [5.74, 6) is 2.22. The molecule has 166 valence electrons. The number of nitrogens with zero attached hydrogens (tertiary/aromatic N) is 2. The number of nitrogens with one attached hydrogen (secondary N) is 1. The molecule has 2 unspecified atom stereocenters. The molecular weight excluding hydrogens is 398 g/mol. The summed E-state index contributed by atoms with van der Waals surface area (Å²) in [6, 6.07) is 16.7. The van der Waals surface area contributed by atoms with Crippen LogP contribution in [0.5, 0.6) is 5.75 Å². The first kappa shape index (κ1) is 19.8. The van der Waals surface area contributed by atoms with Gasteiger partial charge in [0.25, 0.3) is 0 Å². The Hall–Kier alpha value is -2.82. The lowest BCUT2D eigenvalue weighted by atomic mass is 9.63. The van der Waals surface area contributed by atoms with Crippen LogP contribution in [0, 0.1) is 17.3 Å². The first-order valence-corrected chi connectivity index (χ1v) is 11.8. The number of anilines is 1. The van der Waals surface area contributed by atoms with Gasteiger partial charge in [-0.1, -0.05) is 43.3 Å². The molecule has 6 rings (SSSR count). The van der Waals surface area contributed by atoms with Crippen molar-refractivity contribution in [1.82, 2.24) is 0 Å². The molecule has 0 radical (unpaired) electrons. The molecule has 1 spiro atoms. The van der Waals surface area contributed by atoms with Crippen molar-refractivity contribution in [2.45, 2.75) is 57.6 Å². The number of hydrogen-bond donors (Lipinski definition) is 1. The Bertz CT molecular complexity index is 1100. The highest BCUT2D eigenvalue weighted by Crippen LogP contribution is 2.65. The van der Waals surface area contributed by atoms with Gasteiger partial charge < -0.3 is 14.9 Å². The standard InChI is InChI=1S/C27H31N3O2/c1-26(2)18-10-11-19(14-18)27(26)16-25(30-32-27)24-15-23(17-8-12-20(31-3)13-9-17)28-21-6-4-5-7-22(21)29-24/h4-9,12-13,18-19,23,28H,10-11,14-16H2,1-3H3/t18-,19+,23?,27?/m1/s1. The van der Waals surface area contributed by atoms with E-state index in [2.05, 4.69) is 49.5 Å². The van der Waals surface area contributed by atoms with E-state index >= 15 is 0 Å². The molecule has 5 nitrogen and oxygen atoms in total. The zero-order valence-electron chi connectivity index (χ0n) is 19.1. The highest BCUT2D eigenvalue weighted by molar-refractivity contribution is 6.43. The molecule has 2 heterocycles. The van der Waals surface area contributed by atoms with Gasteiger partial charge in [0.15, 0.2) is 5.60 Å². The van der Waals surface area contributed by atoms with Crippen LogP contribution in [0.15, 0.2) is 58.7 Å². The van der Waals surface area contributed by atoms with E-state index in [1.807, 2.05) is 18.2 Å². The molecule has 0 amide bonds. The Morgan fingerprint density at radius 1 is 1.00 bits per heavy atom. The highest BCUT2D eigenvalue weighted by atomic mass is 16.7. The van der Waals surface area contributed by atoms with Crippen LogP contribution in [-0.2, 0) is 4.84 Å². The maximum absolute atomic E-state index is 6.39. The Balaban J connectivity index is 1.34. The van der Waals surface area contributed by atoms with Gasteiger partial charge in [0.1, 0.15) is 11.5 Å². The predicted molar refractivity (Wildman–Crippen MR) is 128 cm³/mol. The minimum absolute atomic E-state index is 0.107. The number of fused-ring (bicyclic) bond motifs is 4. The van der Waals surface area contributed by atoms with Crippen molar-refractivity contribution in [1.29, 1.82) is 0 Å². The Kier molecular flexibility index (Phi) is 4.40. The normalized spacial score (nSPS) is 31.9. The van der Waals surface area contributed by atoms with Crippen molar-refractivity contribution in [3.05, 3.63) is 54.1 Å². The molecule has 0 aromatic heterocycles. The number of methoxy groups -OCH3 is 1. The van der Waals surface area contributed by atoms with E-state index in [0.717, 1.165) is 47.3 Å². The molecule has 2 bridgehead atoms. The van der Waals surface area contributed by atoms with Gasteiger partial charge in [-0.3, -0.25) is 0 Å². The van der Waals surface area contributed by atoms with Crippen LogP contribution in [0.4, 0.5) is 11.4 Å². The number of hydrogen-bond acceptors (Lipinski definition) is 5. The van der Waals surface area contributed by atoms with Crippen LogP contribution in [0.1, 0.15) is 57.6 Å². The minimum atomic E-state index is -0.164. The number of benzene rings is 2. The SMILES string of the molecule is COc1ccc(C2CC(C3=NOC4(C3)[C@H]3CC[C@H](C3)C4(C)C)=Nc3ccccc3N2)cc1. The molecule has 0 saturated heterocycles. The van der Waals surface area contributed by atoms with Gasteiger partial charge in [0.2, 0.25) is 0 Å². The van der Waals surface area contributed by atoms with E-state index in [-0.39, 0.29) is 17.1 Å². The molecule has 4 atom stereocenters. The van der Waals surface area contributed by atoms with Crippen LogP contribution in [0.25, 0.3) is 0 Å². The third kappa shape index (κ3) is 2.83. The van der Waals surface area contributed by atoms with Crippen molar-refractivity contribution < 1.29 is 9.57 Å². The molecule has 2 saturated carbocycles. The number of oxime groups is 1. The summed E-state index contributed by atoms with van der Waals surface area (Å²) < 4.78 is 5.36. The van der Waals surface area contributed by atoms with E-state index < -0.39 is 0 Å². The van der Waals surface area contributed by atoms with E-state index in [9.17, 15) is 0 Å². The van der Waals surface area contributed by atoms with Crippen molar-refractivity contribution in [2.24, 2.45) is 27.4 Å². The zero-order chi connectivity index (χ0) is 21.9. The van der Waals surface area contributed by atoms with Gasteiger partial charge >= 0.3 is 0 Å². The van der Waals surface area contributed by atoms with Crippen LogP contribution in [-0.4, -0.2) is 24.1 Å². The van der Waals surface area contributed by atoms with E-state index in [0.29, 0.717) is 5.92 Å². The second kappa shape index (κ2) is 7.09. The van der Waals surface area contributed by atoms with E-state index in [4.69, 9.17) is 19.7 Å². The van der Waals surface area contributed by atoms with Crippen molar-refractivity contribution in [3.63, 3.8) is 0 Å². The number of rotatable bonds is 3. The first-order valence-electron chi connectivity index (χ1n) is 11.8. The van der Waals surface area contributed by atoms with Crippen LogP contribution in [0.3, 0.4) is 0 Å². The third-order valence-electron chi connectivity index (χ3n) is 8.69. The van der Waals surface area contributed by atoms with Crippen LogP contribution < -0.4 is 10.1 Å². The monoisotopic (exact) mass is 429 g/mol. The fourth-order valence-electron chi connectivity index (χ4n) is 6.64. The van der Waals surface area contributed by atoms with Crippen molar-refractivity contribution >= 4 is 22.8 Å². The molecule has 2 aliphatic carbocycles. The van der Waals surface area contributed by atoms with Gasteiger partial charge in [-0.15, -0.1) is 0 Å². The molecule has 2 aromatic rings. The molecule has 2 aliphatic heterocycles. The smallest absolute Gasteiger partial charge is 0.151 e. The Morgan fingerprint density at radius 3 is 2.53 bits per heavy atom. The number of para-hydroxylation sites is 2. The lowest BCUT2D eigenvalue weighted by Gasteiger charge is -2.44. The summed E-state index contributed by atoms with van der Waals surface area (Å²) in [6.07, 6.45) is 5.52. The predicted octanol–water partition coefficient (Wildman–Crippen LogP) is 6.30. The topological polar surface area (TPSA) is 55.2 Å². The highest BCUT2D eigenvalue weighted by Gasteiger charge is 2.67. The van der Waals surface area contributed by atoms with Gasteiger partial charge in [0, 0.05) is 24.2 Å². The van der Waals surface area contributed by atoms with Crippen LogP contribution in [0.2, 0.25) is 0 Å². The third-order valence-corrected chi connectivity index (χ3v) is 8.69. The van der Waals surface area contributed by atoms with Crippen molar-refractivity contribution in [3.8, 4) is 5.75 Å². The van der Waals surface area contributed by atoms with Gasteiger partial charge in [-0.05, 0) is 55.0 Å². The summed E-state index contributed by atoms with van der Waals surface area (Å²) in [7, 11) is 1.70. The number of ether oxygens (including phenoxy) is 1. The average molecular weight is 430 g/mol. The lowest BCUT2D eigenvalue weighted by Crippen LogP contribution is -2.49. The molecule has 2 aromatic carbocycles. The molecule has 1 N–H and O–H groups in total. The van der Waals surface area contributed by atoms with Crippen molar-refractivity contribution in [2.75, 3.05) is 12.4 Å². The molecular formula is C27H31N3O2.